The van der Waals surface area contributed by atoms with Crippen LogP contribution in [0.1, 0.15) is 24.5 Å². The Morgan fingerprint density at radius 2 is 2.40 bits per heavy atom. The van der Waals surface area contributed by atoms with Gasteiger partial charge in [-0.1, -0.05) is 0 Å². The van der Waals surface area contributed by atoms with Crippen molar-refractivity contribution in [3.63, 3.8) is 0 Å². The predicted molar refractivity (Wildman–Crippen MR) is 57.1 cm³/mol. The van der Waals surface area contributed by atoms with Crippen molar-refractivity contribution in [2.45, 2.75) is 19.5 Å². The molecule has 0 aromatic carbocycles. The molecule has 0 bridgehead atoms. The predicted octanol–water partition coefficient (Wildman–Crippen LogP) is 0.994. The molecule has 0 fully saturated rings. The van der Waals surface area contributed by atoms with Crippen LogP contribution in [0, 0.1) is 0 Å². The maximum atomic E-state index is 4.29. The Hall–Kier alpha value is -1.62. The van der Waals surface area contributed by atoms with Crippen LogP contribution in [0.5, 0.6) is 0 Å². The largest absolute Gasteiger partial charge is 0.337 e. The smallest absolute Gasteiger partial charge is 0.125 e. The number of hydrogen-bond acceptors (Lipinski definition) is 3. The highest BCUT2D eigenvalue weighted by molar-refractivity contribution is 5.00. The van der Waals surface area contributed by atoms with Crippen molar-refractivity contribution in [3.05, 3.63) is 36.2 Å². The van der Waals surface area contributed by atoms with Crippen LogP contribution in [0.2, 0.25) is 0 Å². The monoisotopic (exact) mass is 205 g/mol. The van der Waals surface area contributed by atoms with Gasteiger partial charge in [0, 0.05) is 37.9 Å². The van der Waals surface area contributed by atoms with Crippen molar-refractivity contribution < 1.29 is 0 Å². The van der Waals surface area contributed by atoms with Gasteiger partial charge in [-0.15, -0.1) is 0 Å². The standard InChI is InChI=1S/C10H15N5/c1-8(10-11-5-6-15(10)2)12-7-9-3-4-13-14-9/h3-6,8,12H,7H2,1-2H3,(H,13,14). The first-order valence-corrected chi connectivity index (χ1v) is 4.96. The normalized spacial score (nSPS) is 12.9. The van der Waals surface area contributed by atoms with Crippen LogP contribution in [-0.4, -0.2) is 19.7 Å². The maximum Gasteiger partial charge on any atom is 0.125 e. The molecule has 2 rings (SSSR count). The van der Waals surface area contributed by atoms with E-state index in [-0.39, 0.29) is 6.04 Å². The molecular weight excluding hydrogens is 190 g/mol. The van der Waals surface area contributed by atoms with E-state index >= 15 is 0 Å². The lowest BCUT2D eigenvalue weighted by molar-refractivity contribution is 0.525. The summed E-state index contributed by atoms with van der Waals surface area (Å²) >= 11 is 0. The Labute approximate surface area is 88.5 Å². The molecule has 0 saturated carbocycles. The third-order valence-corrected chi connectivity index (χ3v) is 2.40. The van der Waals surface area contributed by atoms with E-state index in [9.17, 15) is 0 Å². The second-order valence-corrected chi connectivity index (χ2v) is 3.58. The van der Waals surface area contributed by atoms with E-state index in [0.29, 0.717) is 0 Å². The number of hydrogen-bond donors (Lipinski definition) is 2. The average molecular weight is 205 g/mol. The van der Waals surface area contributed by atoms with Crippen LogP contribution in [0.25, 0.3) is 0 Å². The number of nitrogens with zero attached hydrogens (tertiary/aromatic N) is 3. The Bertz CT molecular complexity index is 403. The van der Waals surface area contributed by atoms with E-state index in [1.54, 1.807) is 6.20 Å². The fourth-order valence-electron chi connectivity index (χ4n) is 1.53. The molecule has 0 radical (unpaired) electrons. The molecule has 2 aromatic heterocycles. The van der Waals surface area contributed by atoms with Gasteiger partial charge in [-0.3, -0.25) is 5.10 Å². The zero-order valence-electron chi connectivity index (χ0n) is 8.94. The Morgan fingerprint density at radius 1 is 1.53 bits per heavy atom. The summed E-state index contributed by atoms with van der Waals surface area (Å²) in [6.45, 7) is 2.87. The lowest BCUT2D eigenvalue weighted by Gasteiger charge is -2.12. The number of imidazole rings is 1. The highest BCUT2D eigenvalue weighted by Gasteiger charge is 2.09. The number of rotatable bonds is 4. The second kappa shape index (κ2) is 4.27. The minimum absolute atomic E-state index is 0.230. The summed E-state index contributed by atoms with van der Waals surface area (Å²) in [5, 5.41) is 10.2. The molecule has 2 N–H and O–H groups in total. The maximum absolute atomic E-state index is 4.29. The average Bonchev–Trinajstić information content (AvgIpc) is 2.84. The topological polar surface area (TPSA) is 58.5 Å². The SMILES string of the molecule is CC(NCc1ccn[nH]1)c1nccn1C. The van der Waals surface area contributed by atoms with Gasteiger partial charge in [0.15, 0.2) is 0 Å². The summed E-state index contributed by atoms with van der Waals surface area (Å²) in [5.41, 5.74) is 1.08. The van der Waals surface area contributed by atoms with Crippen LogP contribution in [0.15, 0.2) is 24.7 Å². The summed E-state index contributed by atoms with van der Waals surface area (Å²) in [4.78, 5) is 4.29. The van der Waals surface area contributed by atoms with E-state index < -0.39 is 0 Å². The molecule has 0 spiro atoms. The summed E-state index contributed by atoms with van der Waals surface area (Å²) in [7, 11) is 2.00. The molecule has 0 saturated heterocycles. The lowest BCUT2D eigenvalue weighted by Crippen LogP contribution is -2.21. The first-order chi connectivity index (χ1) is 7.27. The number of aromatic amines is 1. The number of nitrogens with one attached hydrogen (secondary N) is 2. The van der Waals surface area contributed by atoms with Gasteiger partial charge in [0.2, 0.25) is 0 Å². The molecular formula is C10H15N5. The van der Waals surface area contributed by atoms with Gasteiger partial charge < -0.3 is 9.88 Å². The van der Waals surface area contributed by atoms with Crippen LogP contribution in [0.4, 0.5) is 0 Å². The minimum atomic E-state index is 0.230. The van der Waals surface area contributed by atoms with Crippen molar-refractivity contribution in [2.24, 2.45) is 7.05 Å². The molecule has 1 atom stereocenters. The Morgan fingerprint density at radius 3 is 3.00 bits per heavy atom. The fourth-order valence-corrected chi connectivity index (χ4v) is 1.53. The van der Waals surface area contributed by atoms with Gasteiger partial charge in [-0.25, -0.2) is 4.98 Å². The molecule has 0 aliphatic rings. The van der Waals surface area contributed by atoms with Gasteiger partial charge in [-0.2, -0.15) is 5.10 Å². The van der Waals surface area contributed by atoms with Crippen molar-refractivity contribution in [2.75, 3.05) is 0 Å². The molecule has 80 valence electrons. The summed E-state index contributed by atoms with van der Waals surface area (Å²) in [5.74, 6) is 1.04. The van der Waals surface area contributed by atoms with Crippen molar-refractivity contribution in [1.82, 2.24) is 25.1 Å². The molecule has 5 heteroatoms. The first-order valence-electron chi connectivity index (χ1n) is 4.96. The molecule has 2 aromatic rings. The van der Waals surface area contributed by atoms with Crippen LogP contribution < -0.4 is 5.32 Å². The van der Waals surface area contributed by atoms with Crippen LogP contribution in [-0.2, 0) is 13.6 Å². The Kier molecular flexibility index (Phi) is 2.82. The molecule has 1 unspecified atom stereocenters. The van der Waals surface area contributed by atoms with E-state index in [1.807, 2.05) is 30.1 Å². The zero-order chi connectivity index (χ0) is 10.7. The highest BCUT2D eigenvalue weighted by atomic mass is 15.1. The van der Waals surface area contributed by atoms with Crippen LogP contribution >= 0.6 is 0 Å². The van der Waals surface area contributed by atoms with E-state index in [0.717, 1.165) is 18.1 Å². The van der Waals surface area contributed by atoms with E-state index in [2.05, 4.69) is 27.4 Å². The number of aromatic nitrogens is 4. The third-order valence-electron chi connectivity index (χ3n) is 2.40. The fraction of sp³-hybridized carbons (Fsp3) is 0.400. The van der Waals surface area contributed by atoms with Gasteiger partial charge in [0.25, 0.3) is 0 Å². The van der Waals surface area contributed by atoms with Crippen molar-refractivity contribution >= 4 is 0 Å². The van der Waals surface area contributed by atoms with Crippen molar-refractivity contribution in [1.29, 1.82) is 0 Å². The number of H-pyrrole nitrogens is 1. The molecule has 5 nitrogen and oxygen atoms in total. The molecule has 0 aliphatic carbocycles. The summed E-state index contributed by atoms with van der Waals surface area (Å²) in [6.07, 6.45) is 5.51. The van der Waals surface area contributed by atoms with Crippen LogP contribution in [0.3, 0.4) is 0 Å². The highest BCUT2D eigenvalue weighted by Crippen LogP contribution is 2.08. The quantitative estimate of drug-likeness (QED) is 0.782. The van der Waals surface area contributed by atoms with Gasteiger partial charge in [0.1, 0.15) is 5.82 Å². The molecule has 15 heavy (non-hydrogen) atoms. The number of aryl methyl sites for hydroxylation is 1. The van der Waals surface area contributed by atoms with E-state index in [1.165, 1.54) is 0 Å². The minimum Gasteiger partial charge on any atom is -0.337 e. The first kappa shape index (κ1) is 9.92. The molecule has 2 heterocycles. The molecule has 0 aliphatic heterocycles. The molecule has 0 amide bonds. The lowest BCUT2D eigenvalue weighted by atomic mass is 10.3. The van der Waals surface area contributed by atoms with Gasteiger partial charge in [-0.05, 0) is 13.0 Å². The summed E-state index contributed by atoms with van der Waals surface area (Å²) < 4.78 is 2.02. The van der Waals surface area contributed by atoms with Crippen molar-refractivity contribution in [3.8, 4) is 0 Å². The zero-order valence-corrected chi connectivity index (χ0v) is 8.94. The Balaban J connectivity index is 1.93. The van der Waals surface area contributed by atoms with Gasteiger partial charge in [0.05, 0.1) is 6.04 Å². The second-order valence-electron chi connectivity index (χ2n) is 3.58. The summed E-state index contributed by atoms with van der Waals surface area (Å²) in [6, 6.07) is 2.19. The third kappa shape index (κ3) is 2.24. The van der Waals surface area contributed by atoms with E-state index in [4.69, 9.17) is 0 Å². The van der Waals surface area contributed by atoms with Gasteiger partial charge >= 0.3 is 0 Å².